The number of Topliss-reactive ketones (excluding diaryl/α,β-unsaturated/α-hetero) is 1. The predicted molar refractivity (Wildman–Crippen MR) is 493 cm³/mol. The van der Waals surface area contributed by atoms with E-state index in [1.165, 1.54) is 73.3 Å². The third kappa shape index (κ3) is 27.0. The van der Waals surface area contributed by atoms with Crippen LogP contribution < -0.4 is 4.74 Å². The molecule has 35 nitrogen and oxygen atoms in total. The van der Waals surface area contributed by atoms with Crippen LogP contribution in [0.3, 0.4) is 0 Å². The van der Waals surface area contributed by atoms with Crippen LogP contribution in [-0.4, -0.2) is 266 Å². The van der Waals surface area contributed by atoms with E-state index in [1.807, 2.05) is 0 Å². The van der Waals surface area contributed by atoms with Gasteiger partial charge in [-0.1, -0.05) is 224 Å². The van der Waals surface area contributed by atoms with Crippen LogP contribution in [0.4, 0.5) is 5.69 Å². The molecule has 10 aromatic rings. The number of hydrogen-bond donors (Lipinski definition) is 3. The van der Waals surface area contributed by atoms with Gasteiger partial charge in [0.1, 0.15) is 86.5 Å². The molecule has 5 fully saturated rings. The maximum absolute atomic E-state index is 15.9. The van der Waals surface area contributed by atoms with Gasteiger partial charge in [-0.15, -0.1) is 0 Å². The van der Waals surface area contributed by atoms with Gasteiger partial charge in [-0.05, 0) is 95.4 Å². The molecular weight excluding hydrogens is 1820 g/mol. The van der Waals surface area contributed by atoms with Gasteiger partial charge < -0.3 is 115 Å². The van der Waals surface area contributed by atoms with Gasteiger partial charge in [-0.2, -0.15) is 0 Å². The van der Waals surface area contributed by atoms with Gasteiger partial charge in [-0.3, -0.25) is 24.5 Å². The van der Waals surface area contributed by atoms with Crippen LogP contribution in [0.5, 0.6) is 5.75 Å². The second-order valence-electron chi connectivity index (χ2n) is 33.6. The van der Waals surface area contributed by atoms with Gasteiger partial charge in [0, 0.05) is 44.7 Å². The highest BCUT2D eigenvalue weighted by molar-refractivity contribution is 5.96. The number of piperazine rings is 1. The molecule has 10 aromatic carbocycles. The summed E-state index contributed by atoms with van der Waals surface area (Å²) in [6.07, 6.45) is -36.9. The van der Waals surface area contributed by atoms with Crippen molar-refractivity contribution in [3.8, 4) is 5.75 Å². The predicted octanol–water partition coefficient (Wildman–Crippen LogP) is 10.3. The summed E-state index contributed by atoms with van der Waals surface area (Å²) in [5, 5.41) is 50.8. The minimum Gasteiger partial charge on any atom is -0.475 e. The first kappa shape index (κ1) is 101. The van der Waals surface area contributed by atoms with E-state index >= 15 is 9.59 Å². The molecule has 8 unspecified atom stereocenters. The lowest BCUT2D eigenvalue weighted by molar-refractivity contribution is -0.389. The largest absolute Gasteiger partial charge is 0.475 e. The summed E-state index contributed by atoms with van der Waals surface area (Å²) in [5.74, 6) is -6.80. The molecule has 5 aliphatic rings. The highest BCUT2D eigenvalue weighted by Crippen LogP contribution is 2.42. The molecule has 734 valence electrons. The number of nitro benzene ring substituents is 1. The Hall–Kier alpha value is -13.3. The number of rotatable bonds is 42. The third-order valence-corrected chi connectivity index (χ3v) is 23.8. The monoisotopic (exact) mass is 1920 g/mol. The number of amides is 2. The summed E-state index contributed by atoms with van der Waals surface area (Å²) < 4.78 is 129. The van der Waals surface area contributed by atoms with E-state index in [4.69, 9.17) is 90.0 Å². The quantitative estimate of drug-likeness (QED) is 0.0138. The van der Waals surface area contributed by atoms with E-state index in [2.05, 4.69) is 0 Å². The summed E-state index contributed by atoms with van der Waals surface area (Å²) in [6.45, 7) is -2.33. The van der Waals surface area contributed by atoms with Crippen molar-refractivity contribution in [2.24, 2.45) is 0 Å². The van der Waals surface area contributed by atoms with Crippen molar-refractivity contribution in [3.63, 3.8) is 0 Å². The van der Waals surface area contributed by atoms with E-state index in [9.17, 15) is 54.2 Å². The molecule has 35 heteroatoms. The molecule has 3 N–H and O–H groups in total. The van der Waals surface area contributed by atoms with Gasteiger partial charge in [0.25, 0.3) is 5.91 Å². The molecule has 140 heavy (non-hydrogen) atoms. The third-order valence-electron chi connectivity index (χ3n) is 23.8. The topological polar surface area (TPSA) is 422 Å². The maximum Gasteiger partial charge on any atom is 0.344 e. The number of benzene rings is 10. The molecule has 0 aliphatic carbocycles. The Morgan fingerprint density at radius 3 is 1.10 bits per heavy atom. The van der Waals surface area contributed by atoms with Crippen molar-refractivity contribution in [1.29, 1.82) is 0 Å². The number of aliphatic hydroxyl groups is 3. The summed E-state index contributed by atoms with van der Waals surface area (Å²) in [7, 11) is 0. The molecule has 5 heterocycles. The molecular formula is C105H107N3O32. The van der Waals surface area contributed by atoms with E-state index in [-0.39, 0.29) is 98.7 Å². The minimum absolute atomic E-state index is 0.0121. The van der Waals surface area contributed by atoms with Crippen molar-refractivity contribution in [3.05, 3.63) is 357 Å². The highest BCUT2D eigenvalue weighted by atomic mass is 16.8. The van der Waals surface area contributed by atoms with Gasteiger partial charge in [0.05, 0.1) is 80.0 Å². The van der Waals surface area contributed by atoms with Gasteiger partial charge in [0.15, 0.2) is 67.7 Å². The molecule has 2 amide bonds. The first-order valence-corrected chi connectivity index (χ1v) is 45.7. The molecule has 0 saturated carbocycles. The zero-order valence-corrected chi connectivity index (χ0v) is 76.4. The number of carbonyl (C=O) groups is 8. The van der Waals surface area contributed by atoms with Crippen molar-refractivity contribution in [2.45, 2.75) is 170 Å². The van der Waals surface area contributed by atoms with Crippen molar-refractivity contribution < 1.29 is 149 Å². The summed E-state index contributed by atoms with van der Waals surface area (Å²) >= 11 is 0. The maximum atomic E-state index is 15.9. The van der Waals surface area contributed by atoms with Crippen LogP contribution in [-0.2, 0) is 133 Å². The van der Waals surface area contributed by atoms with Gasteiger partial charge >= 0.3 is 35.5 Å². The lowest BCUT2D eigenvalue weighted by atomic mass is 9.94. The Balaban J connectivity index is 0.881. The van der Waals surface area contributed by atoms with Gasteiger partial charge in [0.2, 0.25) is 5.91 Å². The van der Waals surface area contributed by atoms with Gasteiger partial charge in [-0.25, -0.2) is 24.0 Å². The fourth-order valence-corrected chi connectivity index (χ4v) is 16.6. The number of ketones is 1. The fraction of sp³-hybridized carbons (Fsp3) is 0.352. The second kappa shape index (κ2) is 50.0. The zero-order chi connectivity index (χ0) is 97.8. The van der Waals surface area contributed by atoms with Crippen molar-refractivity contribution in [1.82, 2.24) is 9.80 Å². The Labute approximate surface area is 805 Å². The van der Waals surface area contributed by atoms with Crippen LogP contribution in [0.2, 0.25) is 0 Å². The summed E-state index contributed by atoms with van der Waals surface area (Å²) in [6, 6.07) is 78.2. The Morgan fingerprint density at radius 1 is 0.357 bits per heavy atom. The average molecular weight is 1920 g/mol. The minimum atomic E-state index is -2.27. The van der Waals surface area contributed by atoms with E-state index in [0.717, 1.165) is 12.1 Å². The molecule has 0 spiro atoms. The number of nitrogens with zero attached hydrogens (tertiary/aromatic N) is 3. The lowest BCUT2D eigenvalue weighted by Gasteiger charge is -2.51. The molecule has 0 radical (unpaired) electrons. The molecule has 0 bridgehead atoms. The SMILES string of the molecule is CC(=O)COCC1O[C@@H](OCC2O[C@@H](O[C@@H]3C(OC(=O)c4ccccc4)[C@H](OCc4ccccc4)OC(COC(=O)COc4ccc(C(=O)N5CCN(C(C)=O)CC5)cc4[N+](=O)[O-])[C@@H]3OCc3ccccc3)C(OC(=O)c3ccccc3)[C@@H](O[C@@H]3OC(CO)[C@H](OCc4ccccc4)[C@H](O)C3OC(=O)c3ccccc3)[C@H]2OCc2ccccc2)C(OC(=O)c2ccccc2)[C@@H](O)[C@H]1OCc1ccccc1. The first-order valence-electron chi connectivity index (χ1n) is 45.7. The zero-order valence-electron chi connectivity index (χ0n) is 76.4. The van der Waals surface area contributed by atoms with Crippen LogP contribution in [0.25, 0.3) is 0 Å². The number of hydrogen-bond acceptors (Lipinski definition) is 32. The fourth-order valence-electron chi connectivity index (χ4n) is 16.6. The van der Waals surface area contributed by atoms with E-state index < -0.39 is 215 Å². The number of aliphatic hydroxyl groups excluding tert-OH is 3. The lowest BCUT2D eigenvalue weighted by Crippen LogP contribution is -2.69. The molecule has 15 rings (SSSR count). The summed E-state index contributed by atoms with van der Waals surface area (Å²) in [4.78, 5) is 129. The normalized spacial score (nSPS) is 25.1. The molecule has 5 saturated heterocycles. The smallest absolute Gasteiger partial charge is 0.344 e. The number of ether oxygens (including phenoxy) is 19. The Kier molecular flexibility index (Phi) is 36.1. The van der Waals surface area contributed by atoms with Crippen molar-refractivity contribution in [2.75, 3.05) is 65.8 Å². The first-order chi connectivity index (χ1) is 68.2. The Bertz CT molecular complexity index is 5680. The van der Waals surface area contributed by atoms with Crippen LogP contribution >= 0.6 is 0 Å². The van der Waals surface area contributed by atoms with Crippen molar-refractivity contribution >= 4 is 53.1 Å². The Morgan fingerprint density at radius 2 is 0.693 bits per heavy atom. The van der Waals surface area contributed by atoms with Crippen LogP contribution in [0, 0.1) is 10.1 Å². The number of esters is 5. The van der Waals surface area contributed by atoms with E-state index in [0.29, 0.717) is 27.8 Å². The average Bonchev–Trinajstić information content (AvgIpc) is 0.751. The van der Waals surface area contributed by atoms with Crippen LogP contribution in [0.1, 0.15) is 93.5 Å². The number of nitro groups is 1. The van der Waals surface area contributed by atoms with Crippen LogP contribution in [0.15, 0.2) is 291 Å². The summed E-state index contributed by atoms with van der Waals surface area (Å²) in [5.41, 5.74) is 2.02. The number of carbonyl (C=O) groups excluding carboxylic acids is 8. The van der Waals surface area contributed by atoms with E-state index in [1.54, 1.807) is 229 Å². The molecule has 5 aliphatic heterocycles. The highest BCUT2D eigenvalue weighted by Gasteiger charge is 2.60. The molecule has 20 atom stereocenters. The standard InChI is InChI=1S/C105H107N3O32/c1-66(110)56-122-62-81-88(126-58-69-32-14-4-15-33-69)86(114)91(135-98(116)73-40-22-8-23-41-73)102(132-81)130-64-83-90(128-60-71-36-18-6-19-37-71)94(139-104-92(136-99(117)74-42-24-9-25-43-74)85(113)87(80(55-109)131-104)125-57-68-30-12-3-13-31-68)96(138-101(119)76-46-28-11-29-47-76)105(134-83)140-93-89(127-59-70-34-16-5-17-35-70)82(133-103(129-61-72-38-20-7-21-39-72)95(93)137-100(118)75-44-26-10-27-45-75)63-124-84(112)65-123-79-49-48-77(54-78(79)108(120)121)97(115)107-52-50-106(51-53-107)67(2)111/h3-49,54,80-83,85-96,102-105,109,113-114H,50-53,55-65H2,1-2H3/t80?,81?,82?,83?,85-,86-,87-,88-,89-,90-,91?,92?,93-,94-,95?,96?,102+,103+,104-,105-/m0/s1. The second-order valence-corrected chi connectivity index (χ2v) is 33.6. The molecule has 0 aromatic heterocycles.